The fourth-order valence-corrected chi connectivity index (χ4v) is 3.94. The maximum Gasteiger partial charge on any atom is 0.203 e. The Balaban J connectivity index is 3.15. The molecule has 2 nitrogen and oxygen atoms in total. The molecule has 0 heterocycles. The zero-order chi connectivity index (χ0) is 20.0. The molecule has 154 valence electrons. The summed E-state index contributed by atoms with van der Waals surface area (Å²) in [7, 11) is 0. The molecule has 0 aliphatic carbocycles. The summed E-state index contributed by atoms with van der Waals surface area (Å²) in [5.41, 5.74) is 0.907. The summed E-state index contributed by atoms with van der Waals surface area (Å²) in [4.78, 5) is 0. The minimum Gasteiger partial charge on any atom is -0.345 e. The molecule has 0 radical (unpaired) electrons. The normalized spacial score (nSPS) is 14.6. The largest absolute Gasteiger partial charge is 0.345 e. The highest BCUT2D eigenvalue weighted by molar-refractivity contribution is 5.26. The number of benzene rings is 1. The monoisotopic (exact) mass is 374 g/mol. The Bertz CT molecular complexity index is 502. The lowest BCUT2D eigenvalue weighted by Gasteiger charge is -2.47. The molecule has 0 spiro atoms. The van der Waals surface area contributed by atoms with Gasteiger partial charge in [-0.3, -0.25) is 0 Å². The quantitative estimate of drug-likeness (QED) is 0.178. The summed E-state index contributed by atoms with van der Waals surface area (Å²) in [6, 6.07) is 10.5. The smallest absolute Gasteiger partial charge is 0.203 e. The predicted octanol–water partition coefficient (Wildman–Crippen LogP) is 7.64. The lowest BCUT2D eigenvalue weighted by Crippen LogP contribution is -2.47. The van der Waals surface area contributed by atoms with E-state index in [1.165, 1.54) is 38.5 Å². The summed E-state index contributed by atoms with van der Waals surface area (Å²) in [6.45, 7) is 12.1. The van der Waals surface area contributed by atoms with Crippen molar-refractivity contribution in [3.63, 3.8) is 0 Å². The van der Waals surface area contributed by atoms with E-state index in [0.29, 0.717) is 13.2 Å². The van der Waals surface area contributed by atoms with Crippen molar-refractivity contribution < 1.29 is 9.47 Å². The molecule has 0 aliphatic rings. The molecule has 1 aromatic rings. The Hall–Kier alpha value is -1.12. The van der Waals surface area contributed by atoms with Crippen molar-refractivity contribution in [3.8, 4) is 0 Å². The lowest BCUT2D eigenvalue weighted by molar-refractivity contribution is -0.294. The summed E-state index contributed by atoms with van der Waals surface area (Å²) >= 11 is 0. The number of hydrogen-bond acceptors (Lipinski definition) is 2. The second-order valence-electron chi connectivity index (χ2n) is 7.59. The van der Waals surface area contributed by atoms with Crippen molar-refractivity contribution in [2.45, 2.75) is 91.8 Å². The van der Waals surface area contributed by atoms with Gasteiger partial charge in [-0.15, -0.1) is 0 Å². The molecule has 1 unspecified atom stereocenters. The van der Waals surface area contributed by atoms with E-state index in [1.807, 2.05) is 0 Å². The van der Waals surface area contributed by atoms with E-state index in [2.05, 4.69) is 77.1 Å². The van der Waals surface area contributed by atoms with E-state index in [1.54, 1.807) is 0 Å². The summed E-state index contributed by atoms with van der Waals surface area (Å²) in [6.07, 6.45) is 14.5. The van der Waals surface area contributed by atoms with Gasteiger partial charge < -0.3 is 9.47 Å². The van der Waals surface area contributed by atoms with Crippen LogP contribution in [-0.2, 0) is 15.3 Å². The van der Waals surface area contributed by atoms with Crippen molar-refractivity contribution in [1.29, 1.82) is 0 Å². The molecule has 0 saturated heterocycles. The second-order valence-corrected chi connectivity index (χ2v) is 7.59. The zero-order valence-corrected chi connectivity index (χ0v) is 18.4. The Morgan fingerprint density at radius 1 is 0.815 bits per heavy atom. The number of hydrogen-bond donors (Lipinski definition) is 0. The first-order valence-corrected chi connectivity index (χ1v) is 11.1. The first kappa shape index (κ1) is 23.9. The molecular weight excluding hydrogens is 332 g/mol. The summed E-state index contributed by atoms with van der Waals surface area (Å²) in [5, 5.41) is 0. The average Bonchev–Trinajstić information content (AvgIpc) is 2.69. The maximum absolute atomic E-state index is 6.44. The summed E-state index contributed by atoms with van der Waals surface area (Å²) in [5.74, 6) is -0.743. The molecule has 1 aromatic carbocycles. The van der Waals surface area contributed by atoms with Crippen LogP contribution >= 0.6 is 0 Å². The molecule has 0 N–H and O–H groups in total. The van der Waals surface area contributed by atoms with Crippen molar-refractivity contribution >= 4 is 0 Å². The van der Waals surface area contributed by atoms with E-state index in [0.717, 1.165) is 18.4 Å². The highest BCUT2D eigenvalue weighted by Crippen LogP contribution is 2.49. The van der Waals surface area contributed by atoms with Gasteiger partial charge in [0, 0.05) is 24.2 Å². The van der Waals surface area contributed by atoms with Crippen LogP contribution in [0.25, 0.3) is 0 Å². The van der Waals surface area contributed by atoms with Gasteiger partial charge in [-0.05, 0) is 26.7 Å². The van der Waals surface area contributed by atoms with Crippen LogP contribution in [0.3, 0.4) is 0 Å². The molecule has 27 heavy (non-hydrogen) atoms. The average molecular weight is 375 g/mol. The maximum atomic E-state index is 6.44. The highest BCUT2D eigenvalue weighted by Gasteiger charge is 2.49. The van der Waals surface area contributed by atoms with Crippen LogP contribution in [0.4, 0.5) is 0 Å². The van der Waals surface area contributed by atoms with Crippen LogP contribution in [0.15, 0.2) is 42.5 Å². The third-order valence-electron chi connectivity index (χ3n) is 5.37. The zero-order valence-electron chi connectivity index (χ0n) is 18.4. The van der Waals surface area contributed by atoms with Gasteiger partial charge in [0.25, 0.3) is 0 Å². The van der Waals surface area contributed by atoms with Crippen molar-refractivity contribution in [2.24, 2.45) is 5.41 Å². The molecular formula is C25H42O2. The third kappa shape index (κ3) is 6.76. The van der Waals surface area contributed by atoms with Crippen LogP contribution in [0.5, 0.6) is 0 Å². The minimum absolute atomic E-state index is 0.207. The first-order valence-electron chi connectivity index (χ1n) is 11.1. The van der Waals surface area contributed by atoms with Crippen molar-refractivity contribution in [3.05, 3.63) is 48.0 Å². The molecule has 1 atom stereocenters. The van der Waals surface area contributed by atoms with Crippen LogP contribution in [0.1, 0.15) is 91.5 Å². The van der Waals surface area contributed by atoms with Gasteiger partial charge >= 0.3 is 0 Å². The van der Waals surface area contributed by atoms with E-state index in [4.69, 9.17) is 9.47 Å². The molecule has 0 fully saturated rings. The molecule has 1 rings (SSSR count). The van der Waals surface area contributed by atoms with Gasteiger partial charge in [-0.2, -0.15) is 0 Å². The molecule has 2 heteroatoms. The fourth-order valence-electron chi connectivity index (χ4n) is 3.94. The Labute approximate surface area is 168 Å². The first-order chi connectivity index (χ1) is 13.1. The van der Waals surface area contributed by atoms with E-state index < -0.39 is 5.79 Å². The van der Waals surface area contributed by atoms with Gasteiger partial charge in [-0.1, -0.05) is 102 Å². The lowest BCUT2D eigenvalue weighted by atomic mass is 9.72. The van der Waals surface area contributed by atoms with Crippen LogP contribution < -0.4 is 0 Å². The van der Waals surface area contributed by atoms with Gasteiger partial charge in [-0.25, -0.2) is 0 Å². The van der Waals surface area contributed by atoms with Crippen LogP contribution in [0, 0.1) is 5.41 Å². The Morgan fingerprint density at radius 2 is 1.41 bits per heavy atom. The standard InChI is InChI=1S/C25H42O2/c1-6-10-12-13-14-18-22-24(5,21-11-7-2)25(26-8-3,27-9-4)23-19-16-15-17-20-23/h11,15-17,19-21H,6-10,12-14,18,22H2,1-5H3. The molecule has 0 aromatic heterocycles. The number of rotatable bonds is 15. The molecule has 0 saturated carbocycles. The fraction of sp³-hybridized carbons (Fsp3) is 0.680. The Kier molecular flexibility index (Phi) is 11.6. The number of ether oxygens (including phenoxy) is 2. The van der Waals surface area contributed by atoms with Crippen LogP contribution in [-0.4, -0.2) is 13.2 Å². The van der Waals surface area contributed by atoms with Gasteiger partial charge in [0.2, 0.25) is 5.79 Å². The SMILES string of the molecule is CCC=CC(C)(CCCCCCCC)C(OCC)(OCC)c1ccccc1. The number of unbranched alkanes of at least 4 members (excludes halogenated alkanes) is 5. The van der Waals surface area contributed by atoms with Gasteiger partial charge in [0.1, 0.15) is 0 Å². The van der Waals surface area contributed by atoms with Crippen molar-refractivity contribution in [2.75, 3.05) is 13.2 Å². The highest BCUT2D eigenvalue weighted by atomic mass is 16.7. The topological polar surface area (TPSA) is 18.5 Å². The van der Waals surface area contributed by atoms with Gasteiger partial charge in [0.05, 0.1) is 0 Å². The van der Waals surface area contributed by atoms with Gasteiger partial charge in [0.15, 0.2) is 0 Å². The Morgan fingerprint density at radius 3 is 1.96 bits per heavy atom. The molecule has 0 bridgehead atoms. The minimum atomic E-state index is -0.743. The van der Waals surface area contributed by atoms with E-state index >= 15 is 0 Å². The van der Waals surface area contributed by atoms with Crippen molar-refractivity contribution in [1.82, 2.24) is 0 Å². The second kappa shape index (κ2) is 13.1. The third-order valence-corrected chi connectivity index (χ3v) is 5.37. The molecule has 0 aliphatic heterocycles. The predicted molar refractivity (Wildman–Crippen MR) is 117 cm³/mol. The van der Waals surface area contributed by atoms with Crippen LogP contribution in [0.2, 0.25) is 0 Å². The summed E-state index contributed by atoms with van der Waals surface area (Å²) < 4.78 is 12.9. The number of allylic oxidation sites excluding steroid dienone is 1. The van der Waals surface area contributed by atoms with E-state index in [-0.39, 0.29) is 5.41 Å². The van der Waals surface area contributed by atoms with E-state index in [9.17, 15) is 0 Å². The molecule has 0 amide bonds.